The van der Waals surface area contributed by atoms with Gasteiger partial charge in [-0.15, -0.1) is 0 Å². The summed E-state index contributed by atoms with van der Waals surface area (Å²) in [7, 11) is 3.79. The second-order valence-electron chi connectivity index (χ2n) is 28.2. The first-order chi connectivity index (χ1) is 47.2. The van der Waals surface area contributed by atoms with Crippen LogP contribution in [0, 0.1) is 34.6 Å². The quantitative estimate of drug-likeness (QED) is 0.122. The molecule has 0 saturated carbocycles. The van der Waals surface area contributed by atoms with Gasteiger partial charge in [0.2, 0.25) is 0 Å². The van der Waals surface area contributed by atoms with Crippen LogP contribution < -0.4 is 4.90 Å². The molecule has 0 aromatic heterocycles. The number of benzene rings is 8. The van der Waals surface area contributed by atoms with Crippen LogP contribution in [0.3, 0.4) is 0 Å². The van der Waals surface area contributed by atoms with Crippen molar-refractivity contribution in [3.05, 3.63) is 273 Å². The highest BCUT2D eigenvalue weighted by Gasteiger charge is 2.57. The van der Waals surface area contributed by atoms with E-state index in [1.807, 2.05) is 26.8 Å². The van der Waals surface area contributed by atoms with Crippen LogP contribution in [0.25, 0.3) is 0 Å². The predicted octanol–water partition coefficient (Wildman–Crippen LogP) is 16.6. The molecule has 0 spiro atoms. The minimum atomic E-state index is -4.86. The zero-order valence-corrected chi connectivity index (χ0v) is 57.6. The summed E-state index contributed by atoms with van der Waals surface area (Å²) in [4.78, 5) is 105. The third-order valence-corrected chi connectivity index (χ3v) is 22.4. The van der Waals surface area contributed by atoms with Gasteiger partial charge < -0.3 is 0 Å². The molecule has 5 atom stereocenters. The Kier molecular flexibility index (Phi) is 16.7. The number of rotatable bonds is 5. The Morgan fingerprint density at radius 1 is 0.320 bits per heavy atom. The van der Waals surface area contributed by atoms with Crippen LogP contribution in [0.1, 0.15) is 242 Å². The summed E-state index contributed by atoms with van der Waals surface area (Å²) in [6.07, 6.45) is -3.08. The van der Waals surface area contributed by atoms with Crippen LogP contribution in [0.15, 0.2) is 133 Å². The Bertz CT molecular complexity index is 4810. The summed E-state index contributed by atoms with van der Waals surface area (Å²) in [5, 5.41) is 0. The van der Waals surface area contributed by atoms with Crippen molar-refractivity contribution in [1.82, 2.24) is 14.7 Å². The van der Waals surface area contributed by atoms with Gasteiger partial charge in [0.05, 0.1) is 50.2 Å². The van der Waals surface area contributed by atoms with Crippen LogP contribution in [-0.4, -0.2) is 95.5 Å². The van der Waals surface area contributed by atoms with E-state index in [-0.39, 0.29) is 66.8 Å². The molecule has 8 aliphatic rings. The van der Waals surface area contributed by atoms with Gasteiger partial charge in [-0.2, -0.15) is 26.3 Å². The Labute approximate surface area is 576 Å². The number of hydrogen-bond acceptors (Lipinski definition) is 8. The van der Waals surface area contributed by atoms with E-state index in [2.05, 4.69) is 82.3 Å². The number of amides is 8. The lowest BCUT2D eigenvalue weighted by Crippen LogP contribution is -2.41. The second-order valence-corrected chi connectivity index (χ2v) is 28.2. The molecule has 512 valence electrons. The number of hydrogen-bond donors (Lipinski definition) is 0. The van der Waals surface area contributed by atoms with E-state index < -0.39 is 70.4 Å². The molecule has 0 radical (unpaired) electrons. The third kappa shape index (κ3) is 10.6. The molecule has 12 nitrogen and oxygen atoms in total. The highest BCUT2D eigenvalue weighted by atomic mass is 19.4. The van der Waals surface area contributed by atoms with E-state index in [0.29, 0.717) is 17.5 Å². The molecule has 0 fully saturated rings. The van der Waals surface area contributed by atoms with Crippen molar-refractivity contribution in [1.29, 1.82) is 0 Å². The molecular formula is C82H74F6N4O8. The minimum absolute atomic E-state index is 0.0309. The Hall–Kier alpha value is -10.1. The number of imide groups is 4. The number of anilines is 1. The smallest absolute Gasteiger partial charge is 0.277 e. The van der Waals surface area contributed by atoms with Gasteiger partial charge in [-0.3, -0.25) is 53.1 Å². The summed E-state index contributed by atoms with van der Waals surface area (Å²) >= 11 is 0. The molecule has 0 N–H and O–H groups in total. The maximum Gasteiger partial charge on any atom is 0.402 e. The van der Waals surface area contributed by atoms with Crippen molar-refractivity contribution in [2.24, 2.45) is 0 Å². The molecule has 8 amide bonds. The van der Waals surface area contributed by atoms with Gasteiger partial charge in [0.1, 0.15) is 10.8 Å². The average Bonchev–Trinajstić information content (AvgIpc) is 1.41. The van der Waals surface area contributed by atoms with Crippen molar-refractivity contribution in [3.63, 3.8) is 0 Å². The van der Waals surface area contributed by atoms with E-state index in [0.717, 1.165) is 112 Å². The van der Waals surface area contributed by atoms with Gasteiger partial charge in [0.25, 0.3) is 47.3 Å². The van der Waals surface area contributed by atoms with E-state index in [9.17, 15) is 51.5 Å². The number of carbonyl (C=O) groups excluding carboxylic acids is 8. The summed E-state index contributed by atoms with van der Waals surface area (Å²) in [6, 6.07) is 36.8. The molecule has 8 aromatic rings. The van der Waals surface area contributed by atoms with Gasteiger partial charge >= 0.3 is 12.4 Å². The number of nitrogens with zero attached hydrogens (tertiary/aromatic N) is 4. The molecule has 4 aliphatic heterocycles. The molecule has 8 aromatic carbocycles. The van der Waals surface area contributed by atoms with Crippen LogP contribution in [-0.2, 0) is 36.5 Å². The number of carbonyl (C=O) groups is 8. The summed E-state index contributed by atoms with van der Waals surface area (Å²) in [6.45, 7) is 16.5. The van der Waals surface area contributed by atoms with Crippen molar-refractivity contribution in [2.45, 2.75) is 148 Å². The summed E-state index contributed by atoms with van der Waals surface area (Å²) in [5.41, 5.74) is 11.5. The van der Waals surface area contributed by atoms with Crippen LogP contribution in [0.2, 0.25) is 0 Å². The SMILES string of the molecule is CC.CN1C(=O)c2ccc(C(C)(c3ccc4c(c3)C(=O)N(C)C4=O)C(F)(F)F)cc2C1=O.Cc1cc2c(cc1C)C1Cc3cc(N4C(=O)c5ccc(C(C)(c6ccc7c(c6)C(=O)N(C)C7=O)C(F)(F)F)cc5C4=O)c(C)cc3C(C2)C1.Cc1ccc2c(c1)C1Cc3ccc(C)cc3C(C2)C1. The van der Waals surface area contributed by atoms with E-state index in [4.69, 9.17) is 0 Å². The Morgan fingerprint density at radius 3 is 0.960 bits per heavy atom. The highest BCUT2D eigenvalue weighted by Crippen LogP contribution is 2.53. The van der Waals surface area contributed by atoms with Crippen molar-refractivity contribution < 1.29 is 64.7 Å². The van der Waals surface area contributed by atoms with Gasteiger partial charge in [-0.05, 0) is 249 Å². The van der Waals surface area contributed by atoms with Crippen molar-refractivity contribution in [2.75, 3.05) is 26.0 Å². The molecule has 4 bridgehead atoms. The molecule has 4 aliphatic carbocycles. The molecule has 18 heteroatoms. The molecule has 16 rings (SSSR count). The summed E-state index contributed by atoms with van der Waals surface area (Å²) < 4.78 is 88.3. The fourth-order valence-electron chi connectivity index (χ4n) is 16.4. The molecule has 5 unspecified atom stereocenters. The lowest BCUT2D eigenvalue weighted by atomic mass is 9.66. The lowest BCUT2D eigenvalue weighted by Gasteiger charge is -2.39. The Balaban J connectivity index is 0.000000148. The number of fused-ring (bicyclic) bond motifs is 16. The van der Waals surface area contributed by atoms with E-state index >= 15 is 13.2 Å². The van der Waals surface area contributed by atoms with Crippen molar-refractivity contribution >= 4 is 52.9 Å². The van der Waals surface area contributed by atoms with Crippen LogP contribution >= 0.6 is 0 Å². The minimum Gasteiger partial charge on any atom is -0.277 e. The molecule has 4 heterocycles. The maximum atomic E-state index is 15.1. The maximum absolute atomic E-state index is 15.1. The molecule has 0 saturated heterocycles. The van der Waals surface area contributed by atoms with Gasteiger partial charge in [0.15, 0.2) is 0 Å². The number of aryl methyl sites for hydroxylation is 5. The fourth-order valence-corrected chi connectivity index (χ4v) is 16.4. The Morgan fingerprint density at radius 2 is 0.600 bits per heavy atom. The summed E-state index contributed by atoms with van der Waals surface area (Å²) in [5.74, 6) is -2.91. The van der Waals surface area contributed by atoms with E-state index in [1.165, 1.54) is 116 Å². The van der Waals surface area contributed by atoms with E-state index in [1.54, 1.807) is 22.3 Å². The fraction of sp³-hybridized carbons (Fsp3) is 0.317. The highest BCUT2D eigenvalue weighted by molar-refractivity contribution is 6.35. The first kappa shape index (κ1) is 68.4. The molecule has 100 heavy (non-hydrogen) atoms. The zero-order valence-electron chi connectivity index (χ0n) is 57.6. The number of halogens is 6. The van der Waals surface area contributed by atoms with Gasteiger partial charge in [-0.25, -0.2) is 4.90 Å². The van der Waals surface area contributed by atoms with Crippen LogP contribution in [0.5, 0.6) is 0 Å². The van der Waals surface area contributed by atoms with Gasteiger partial charge in [0, 0.05) is 21.1 Å². The first-order valence-electron chi connectivity index (χ1n) is 33.7. The van der Waals surface area contributed by atoms with Gasteiger partial charge in [-0.1, -0.05) is 104 Å². The number of alkyl halides is 6. The second kappa shape index (κ2) is 24.4. The standard InChI is InChI=1S/C40H33F3N2O4.C21H15F3N2O4.C19H20.C2H6/c1-19-10-22-13-23-14-24(30(22)11-20(19)2)15-25-16-34(21(3)12-31(23)25)45-37(48)29-9-7-27(18-33(29)38(45)49)39(4,40(41,42)43)26-6-8-28-32(17-26)36(47)44(5)35(28)46;1-20(21(22,23)24,10-4-6-12-14(8-10)18(29)25(2)16(12)27)11-5-7-13-15(9-11)19(30)26(3)17(13)28;1-12-3-5-14-9-17-11-16(18(14)7-12)10-15-6-4-13(2)8-19(15)17;1-2/h6-12,16-18,23-24H,13-15H2,1-5H3;4-9H,1-3H3;3-8,16-17H,9-11H2,1-2H3;1-2H3. The largest absolute Gasteiger partial charge is 0.402 e. The van der Waals surface area contributed by atoms with Crippen LogP contribution in [0.4, 0.5) is 32.0 Å². The van der Waals surface area contributed by atoms with Crippen molar-refractivity contribution in [3.8, 4) is 0 Å². The topological polar surface area (TPSA) is 150 Å². The zero-order chi connectivity index (χ0) is 72.0. The monoisotopic (exact) mass is 1360 g/mol. The normalized spacial score (nSPS) is 19.6. The molecular weight excluding hydrogens is 1280 g/mol. The third-order valence-electron chi connectivity index (χ3n) is 22.4. The lowest BCUT2D eigenvalue weighted by molar-refractivity contribution is -0.173. The average molecular weight is 1360 g/mol. The first-order valence-corrected chi connectivity index (χ1v) is 33.7. The predicted molar refractivity (Wildman–Crippen MR) is 367 cm³/mol.